The van der Waals surface area contributed by atoms with E-state index in [9.17, 15) is 0 Å². The molecular formula is C11H20. The second-order valence-corrected chi connectivity index (χ2v) is 3.19. The number of hydrogen-bond acceptors (Lipinski definition) is 0. The van der Waals surface area contributed by atoms with Gasteiger partial charge in [0.1, 0.15) is 0 Å². The van der Waals surface area contributed by atoms with Crippen molar-refractivity contribution in [3.05, 3.63) is 18.9 Å². The number of hydrogen-bond donors (Lipinski definition) is 0. The van der Waals surface area contributed by atoms with Crippen LogP contribution in [0.1, 0.15) is 45.4 Å². The highest BCUT2D eigenvalue weighted by Gasteiger charge is 2.15. The van der Waals surface area contributed by atoms with Crippen molar-refractivity contribution in [2.45, 2.75) is 45.4 Å². The largest absolute Gasteiger partial charge is 0.137 e. The third kappa shape index (κ3) is 5.94. The van der Waals surface area contributed by atoms with Gasteiger partial charge in [-0.25, -0.2) is 0 Å². The van der Waals surface area contributed by atoms with E-state index in [2.05, 4.69) is 25.8 Å². The molecule has 1 saturated carbocycles. The zero-order chi connectivity index (χ0) is 8.53. The summed E-state index contributed by atoms with van der Waals surface area (Å²) in [5.41, 5.74) is 2.25. The Morgan fingerprint density at radius 3 is 2.18 bits per heavy atom. The Labute approximate surface area is 71.0 Å². The Bertz CT molecular complexity index is 103. The van der Waals surface area contributed by atoms with Gasteiger partial charge in [0.05, 0.1) is 0 Å². The van der Waals surface area contributed by atoms with Gasteiger partial charge in [0.25, 0.3) is 0 Å². The topological polar surface area (TPSA) is 0 Å². The van der Waals surface area contributed by atoms with Gasteiger partial charge in [-0.3, -0.25) is 0 Å². The van der Waals surface area contributed by atoms with E-state index < -0.39 is 0 Å². The summed E-state index contributed by atoms with van der Waals surface area (Å²) in [6.45, 7) is 8.53. The first kappa shape index (κ1) is 10.5. The van der Waals surface area contributed by atoms with Crippen LogP contribution in [0, 0.1) is 5.92 Å². The predicted octanol–water partition coefficient (Wildman–Crippen LogP) is 3.93. The first-order valence-corrected chi connectivity index (χ1v) is 4.64. The maximum Gasteiger partial charge on any atom is -0.0414 e. The Kier molecular flexibility index (Phi) is 7.29. The van der Waals surface area contributed by atoms with E-state index in [1.165, 1.54) is 38.5 Å². The van der Waals surface area contributed by atoms with E-state index in [1.807, 2.05) is 0 Å². The molecule has 0 saturated heterocycles. The fourth-order valence-corrected chi connectivity index (χ4v) is 1.27. The summed E-state index contributed by atoms with van der Waals surface area (Å²) < 4.78 is 0. The third-order valence-corrected chi connectivity index (χ3v) is 2.19. The van der Waals surface area contributed by atoms with Gasteiger partial charge >= 0.3 is 0 Å². The molecule has 1 aliphatic rings. The van der Waals surface area contributed by atoms with Crippen LogP contribution in [0.4, 0.5) is 0 Å². The van der Waals surface area contributed by atoms with Crippen molar-refractivity contribution < 1.29 is 0 Å². The fraction of sp³-hybridized carbons (Fsp3) is 0.727. The van der Waals surface area contributed by atoms with E-state index >= 15 is 0 Å². The van der Waals surface area contributed by atoms with E-state index in [4.69, 9.17) is 0 Å². The quantitative estimate of drug-likeness (QED) is 0.537. The van der Waals surface area contributed by atoms with Crippen LogP contribution >= 0.6 is 0 Å². The smallest absolute Gasteiger partial charge is 0.0414 e. The Hall–Kier alpha value is -0.480. The molecule has 0 aromatic heterocycles. The molecule has 0 heterocycles. The summed E-state index contributed by atoms with van der Waals surface area (Å²) in [7, 11) is 0. The van der Waals surface area contributed by atoms with Crippen LogP contribution < -0.4 is 0 Å². The molecule has 0 aliphatic heterocycles. The Balaban J connectivity index is 0.000000292. The molecule has 0 aromatic carbocycles. The summed E-state index contributed by atoms with van der Waals surface area (Å²) in [6, 6.07) is 0. The average Bonchev–Trinajstić information content (AvgIpc) is 1.87. The van der Waals surface area contributed by atoms with Crippen LogP contribution in [0.2, 0.25) is 0 Å². The lowest BCUT2D eigenvalue weighted by Crippen LogP contribution is -2.09. The molecule has 0 radical (unpaired) electrons. The van der Waals surface area contributed by atoms with Crippen molar-refractivity contribution in [2.24, 2.45) is 5.92 Å². The molecule has 0 heteroatoms. The van der Waals surface area contributed by atoms with Gasteiger partial charge in [-0.1, -0.05) is 58.6 Å². The zero-order valence-corrected chi connectivity index (χ0v) is 7.73. The molecule has 1 rings (SSSR count). The number of unbranched alkanes of at least 4 members (excludes halogenated alkanes) is 1. The highest BCUT2D eigenvalue weighted by Crippen LogP contribution is 2.30. The zero-order valence-electron chi connectivity index (χ0n) is 7.73. The van der Waals surface area contributed by atoms with Gasteiger partial charge in [-0.2, -0.15) is 0 Å². The molecule has 11 heavy (non-hydrogen) atoms. The second-order valence-electron chi connectivity index (χ2n) is 3.19. The minimum absolute atomic E-state index is 1.13. The van der Waals surface area contributed by atoms with Crippen molar-refractivity contribution in [3.8, 4) is 0 Å². The maximum absolute atomic E-state index is 3.12. The summed E-state index contributed by atoms with van der Waals surface area (Å²) in [4.78, 5) is 0. The summed E-state index contributed by atoms with van der Waals surface area (Å²) in [5.74, 6) is 1.13. The van der Waals surface area contributed by atoms with Gasteiger partial charge in [-0.15, -0.1) is 5.73 Å². The van der Waals surface area contributed by atoms with Crippen molar-refractivity contribution >= 4 is 0 Å². The molecule has 0 atom stereocenters. The minimum Gasteiger partial charge on any atom is -0.137 e. The monoisotopic (exact) mass is 152 g/mol. The van der Waals surface area contributed by atoms with Crippen molar-refractivity contribution in [2.75, 3.05) is 0 Å². The van der Waals surface area contributed by atoms with Crippen LogP contribution in [-0.2, 0) is 0 Å². The molecule has 0 spiro atoms. The van der Waals surface area contributed by atoms with E-state index in [0.717, 1.165) is 5.92 Å². The molecule has 0 N–H and O–H groups in total. The summed E-state index contributed by atoms with van der Waals surface area (Å²) in [6.07, 6.45) is 8.92. The van der Waals surface area contributed by atoms with Crippen LogP contribution in [0.25, 0.3) is 0 Å². The summed E-state index contributed by atoms with van der Waals surface area (Å²) >= 11 is 0. The van der Waals surface area contributed by atoms with Crippen LogP contribution in [0.15, 0.2) is 18.9 Å². The lowest BCUT2D eigenvalue weighted by molar-refractivity contribution is 0.289. The highest BCUT2D eigenvalue weighted by molar-refractivity contribution is 4.68. The molecular weight excluding hydrogens is 132 g/mol. The van der Waals surface area contributed by atoms with Gasteiger partial charge in [0, 0.05) is 0 Å². The summed E-state index contributed by atoms with van der Waals surface area (Å²) in [5, 5.41) is 0. The molecule has 64 valence electrons. The van der Waals surface area contributed by atoms with Gasteiger partial charge < -0.3 is 0 Å². The first-order chi connectivity index (χ1) is 5.35. The second kappa shape index (κ2) is 7.63. The number of rotatable bonds is 3. The lowest BCUT2D eigenvalue weighted by atomic mass is 9.82. The average molecular weight is 152 g/mol. The van der Waals surface area contributed by atoms with Crippen LogP contribution in [-0.4, -0.2) is 0 Å². The Morgan fingerprint density at radius 2 is 1.91 bits per heavy atom. The molecule has 1 aliphatic carbocycles. The van der Waals surface area contributed by atoms with E-state index in [-0.39, 0.29) is 0 Å². The minimum atomic E-state index is 1.13. The normalized spacial score (nSPS) is 15.7. The lowest BCUT2D eigenvalue weighted by Gasteiger charge is -2.24. The SMILES string of the molecule is C=C=C.CCCCC1CCC1. The van der Waals surface area contributed by atoms with E-state index in [0.29, 0.717) is 0 Å². The maximum atomic E-state index is 3.12. The van der Waals surface area contributed by atoms with Crippen molar-refractivity contribution in [1.29, 1.82) is 0 Å². The van der Waals surface area contributed by atoms with E-state index in [1.54, 1.807) is 0 Å². The molecule has 0 aromatic rings. The van der Waals surface area contributed by atoms with Gasteiger partial charge in [0.15, 0.2) is 0 Å². The molecule has 0 amide bonds. The molecule has 1 fully saturated rings. The molecule has 0 bridgehead atoms. The van der Waals surface area contributed by atoms with Gasteiger partial charge in [-0.05, 0) is 5.92 Å². The van der Waals surface area contributed by atoms with Crippen molar-refractivity contribution in [1.82, 2.24) is 0 Å². The third-order valence-electron chi connectivity index (χ3n) is 2.19. The van der Waals surface area contributed by atoms with Crippen molar-refractivity contribution in [3.63, 3.8) is 0 Å². The first-order valence-electron chi connectivity index (χ1n) is 4.64. The fourth-order valence-electron chi connectivity index (χ4n) is 1.27. The van der Waals surface area contributed by atoms with Crippen LogP contribution in [0.5, 0.6) is 0 Å². The predicted molar refractivity (Wildman–Crippen MR) is 51.6 cm³/mol. The molecule has 0 unspecified atom stereocenters. The molecule has 0 nitrogen and oxygen atoms in total. The highest BCUT2D eigenvalue weighted by atomic mass is 14.2. The van der Waals surface area contributed by atoms with Crippen LogP contribution in [0.3, 0.4) is 0 Å². The standard InChI is InChI=1S/C8H16.C3H4/c1-2-3-5-8-6-4-7-8;1-3-2/h8H,2-7H2,1H3;1-2H2. The Morgan fingerprint density at radius 1 is 1.36 bits per heavy atom. The van der Waals surface area contributed by atoms with Gasteiger partial charge in [0.2, 0.25) is 0 Å².